The third-order valence-corrected chi connectivity index (χ3v) is 5.41. The van der Waals surface area contributed by atoms with Crippen LogP contribution in [0.1, 0.15) is 48.4 Å². The van der Waals surface area contributed by atoms with Crippen LogP contribution in [-0.2, 0) is 5.41 Å². The lowest BCUT2D eigenvalue weighted by Gasteiger charge is -2.37. The number of rotatable bonds is 3. The molecule has 0 fully saturated rings. The van der Waals surface area contributed by atoms with Crippen molar-refractivity contribution in [2.75, 3.05) is 6.54 Å². The highest BCUT2D eigenvalue weighted by Crippen LogP contribution is 2.61. The van der Waals surface area contributed by atoms with E-state index >= 15 is 0 Å². The van der Waals surface area contributed by atoms with Crippen LogP contribution in [0.5, 0.6) is 0 Å². The molecule has 2 bridgehead atoms. The summed E-state index contributed by atoms with van der Waals surface area (Å²) < 4.78 is 0. The SMILES string of the molecule is CCNC(C)C12CC(c3ccccc31)c1ccccc12. The Hall–Kier alpha value is -1.60. The van der Waals surface area contributed by atoms with Gasteiger partial charge in [-0.15, -0.1) is 0 Å². The Morgan fingerprint density at radius 3 is 2.15 bits per heavy atom. The minimum atomic E-state index is 0.174. The maximum Gasteiger partial charge on any atom is 0.0368 e. The highest BCUT2D eigenvalue weighted by molar-refractivity contribution is 5.63. The van der Waals surface area contributed by atoms with E-state index in [-0.39, 0.29) is 5.41 Å². The van der Waals surface area contributed by atoms with E-state index in [1.54, 1.807) is 22.3 Å². The normalized spacial score (nSPS) is 27.2. The van der Waals surface area contributed by atoms with E-state index in [9.17, 15) is 0 Å². The van der Waals surface area contributed by atoms with Crippen LogP contribution in [-0.4, -0.2) is 12.6 Å². The van der Waals surface area contributed by atoms with Gasteiger partial charge in [-0.25, -0.2) is 0 Å². The quantitative estimate of drug-likeness (QED) is 0.887. The second kappa shape index (κ2) is 4.20. The van der Waals surface area contributed by atoms with Crippen molar-refractivity contribution in [3.63, 3.8) is 0 Å². The van der Waals surface area contributed by atoms with Crippen molar-refractivity contribution in [1.29, 1.82) is 0 Å². The van der Waals surface area contributed by atoms with Crippen LogP contribution in [0.15, 0.2) is 48.5 Å². The molecule has 2 aliphatic rings. The van der Waals surface area contributed by atoms with E-state index < -0.39 is 0 Å². The van der Waals surface area contributed by atoms with Crippen LogP contribution >= 0.6 is 0 Å². The molecule has 1 nitrogen and oxygen atoms in total. The van der Waals surface area contributed by atoms with Crippen molar-refractivity contribution in [3.8, 4) is 0 Å². The summed E-state index contributed by atoms with van der Waals surface area (Å²) in [6, 6.07) is 18.6. The van der Waals surface area contributed by atoms with Crippen molar-refractivity contribution < 1.29 is 0 Å². The molecular weight excluding hydrogens is 242 g/mol. The monoisotopic (exact) mass is 263 g/mol. The molecule has 0 saturated carbocycles. The largest absolute Gasteiger partial charge is 0.313 e. The van der Waals surface area contributed by atoms with Gasteiger partial charge in [0.05, 0.1) is 0 Å². The van der Waals surface area contributed by atoms with Crippen LogP contribution in [0.3, 0.4) is 0 Å². The van der Waals surface area contributed by atoms with E-state index in [4.69, 9.17) is 0 Å². The lowest BCUT2D eigenvalue weighted by Crippen LogP contribution is -2.45. The first kappa shape index (κ1) is 12.2. The number of hydrogen-bond acceptors (Lipinski definition) is 1. The fraction of sp³-hybridized carbons (Fsp3) is 0.368. The van der Waals surface area contributed by atoms with Gasteiger partial charge in [0.25, 0.3) is 0 Å². The summed E-state index contributed by atoms with van der Waals surface area (Å²) in [6.07, 6.45) is 1.24. The van der Waals surface area contributed by atoms with E-state index in [1.807, 2.05) is 0 Å². The molecule has 0 aliphatic heterocycles. The summed E-state index contributed by atoms with van der Waals surface area (Å²) in [7, 11) is 0. The Bertz CT molecular complexity index is 611. The molecule has 2 aromatic carbocycles. The lowest BCUT2D eigenvalue weighted by molar-refractivity contribution is 0.377. The molecule has 0 radical (unpaired) electrons. The maximum atomic E-state index is 3.69. The number of benzene rings is 2. The zero-order valence-electron chi connectivity index (χ0n) is 12.2. The van der Waals surface area contributed by atoms with Crippen LogP contribution < -0.4 is 5.32 Å². The van der Waals surface area contributed by atoms with Crippen molar-refractivity contribution in [3.05, 3.63) is 70.8 Å². The van der Waals surface area contributed by atoms with Gasteiger partial charge in [-0.05, 0) is 42.1 Å². The molecule has 0 aromatic heterocycles. The van der Waals surface area contributed by atoms with Gasteiger partial charge in [0.15, 0.2) is 0 Å². The number of fused-ring (bicyclic) bond motifs is 8. The summed E-state index contributed by atoms with van der Waals surface area (Å²) in [5.74, 6) is 0.600. The molecule has 4 rings (SSSR count). The predicted octanol–water partition coefficient (Wildman–Crippen LogP) is 3.82. The van der Waals surface area contributed by atoms with E-state index in [1.165, 1.54) is 6.42 Å². The second-order valence-electron chi connectivity index (χ2n) is 6.18. The van der Waals surface area contributed by atoms with Gasteiger partial charge in [0, 0.05) is 17.4 Å². The zero-order valence-corrected chi connectivity index (χ0v) is 12.2. The smallest absolute Gasteiger partial charge is 0.0368 e. The topological polar surface area (TPSA) is 12.0 Å². The van der Waals surface area contributed by atoms with Crippen LogP contribution in [0, 0.1) is 0 Å². The van der Waals surface area contributed by atoms with Gasteiger partial charge in [-0.2, -0.15) is 0 Å². The van der Waals surface area contributed by atoms with E-state index in [0.717, 1.165) is 6.54 Å². The third-order valence-electron chi connectivity index (χ3n) is 5.41. The molecule has 1 N–H and O–H groups in total. The summed E-state index contributed by atoms with van der Waals surface area (Å²) >= 11 is 0. The third kappa shape index (κ3) is 1.31. The lowest BCUT2D eigenvalue weighted by atomic mass is 9.70. The Labute approximate surface area is 121 Å². The van der Waals surface area contributed by atoms with Crippen molar-refractivity contribution in [1.82, 2.24) is 5.32 Å². The summed E-state index contributed by atoms with van der Waals surface area (Å²) in [5, 5.41) is 3.69. The van der Waals surface area contributed by atoms with Crippen LogP contribution in [0.2, 0.25) is 0 Å². The molecule has 102 valence electrons. The Balaban J connectivity index is 1.98. The van der Waals surface area contributed by atoms with Gasteiger partial charge in [-0.1, -0.05) is 55.5 Å². The Kier molecular flexibility index (Phi) is 2.55. The molecule has 1 heteroatoms. The van der Waals surface area contributed by atoms with Crippen molar-refractivity contribution in [2.45, 2.75) is 37.6 Å². The van der Waals surface area contributed by atoms with Crippen LogP contribution in [0.25, 0.3) is 0 Å². The molecule has 20 heavy (non-hydrogen) atoms. The number of likely N-dealkylation sites (N-methyl/N-ethyl adjacent to an activating group) is 1. The summed E-state index contributed by atoms with van der Waals surface area (Å²) in [6.45, 7) is 5.58. The Morgan fingerprint density at radius 1 is 1.05 bits per heavy atom. The summed E-state index contributed by atoms with van der Waals surface area (Å²) in [5.41, 5.74) is 6.38. The number of hydrogen-bond donors (Lipinski definition) is 1. The van der Waals surface area contributed by atoms with Gasteiger partial charge < -0.3 is 5.32 Å². The predicted molar refractivity (Wildman–Crippen MR) is 83.3 cm³/mol. The minimum Gasteiger partial charge on any atom is -0.313 e. The highest BCUT2D eigenvalue weighted by Gasteiger charge is 2.54. The van der Waals surface area contributed by atoms with Gasteiger partial charge in [0.1, 0.15) is 0 Å². The van der Waals surface area contributed by atoms with Gasteiger partial charge >= 0.3 is 0 Å². The average Bonchev–Trinajstić information content (AvgIpc) is 3.01. The molecule has 2 aromatic rings. The van der Waals surface area contributed by atoms with Crippen molar-refractivity contribution >= 4 is 0 Å². The molecule has 0 spiro atoms. The zero-order chi connectivity index (χ0) is 13.7. The minimum absolute atomic E-state index is 0.174. The first-order valence-corrected chi connectivity index (χ1v) is 7.71. The molecule has 2 aliphatic carbocycles. The number of nitrogens with one attached hydrogen (secondary N) is 1. The molecule has 0 saturated heterocycles. The average molecular weight is 263 g/mol. The van der Waals surface area contributed by atoms with E-state index in [2.05, 4.69) is 67.7 Å². The molecular formula is C19H21N. The standard InChI is InChI=1S/C19H21N/c1-3-20-13(2)19-12-16(14-8-4-6-10-17(14)19)15-9-5-7-11-18(15)19/h4-11,13,16,20H,3,12H2,1-2H3. The summed E-state index contributed by atoms with van der Waals surface area (Å²) in [4.78, 5) is 0. The highest BCUT2D eigenvalue weighted by atomic mass is 14.9. The Morgan fingerprint density at radius 2 is 1.60 bits per heavy atom. The molecule has 0 amide bonds. The second-order valence-corrected chi connectivity index (χ2v) is 6.18. The van der Waals surface area contributed by atoms with Crippen LogP contribution in [0.4, 0.5) is 0 Å². The molecule has 0 heterocycles. The molecule has 1 atom stereocenters. The van der Waals surface area contributed by atoms with E-state index in [0.29, 0.717) is 12.0 Å². The fourth-order valence-corrected chi connectivity index (χ4v) is 4.61. The first-order valence-electron chi connectivity index (χ1n) is 7.71. The molecule has 1 unspecified atom stereocenters. The van der Waals surface area contributed by atoms with Crippen molar-refractivity contribution in [2.24, 2.45) is 0 Å². The van der Waals surface area contributed by atoms with Gasteiger partial charge in [-0.3, -0.25) is 0 Å². The maximum absolute atomic E-state index is 3.69. The first-order chi connectivity index (χ1) is 9.79. The van der Waals surface area contributed by atoms with Gasteiger partial charge in [0.2, 0.25) is 0 Å². The fourth-order valence-electron chi connectivity index (χ4n) is 4.61.